The number of amides is 1. The summed E-state index contributed by atoms with van der Waals surface area (Å²) in [6, 6.07) is 14.1. The summed E-state index contributed by atoms with van der Waals surface area (Å²) in [6.07, 6.45) is 0. The van der Waals surface area contributed by atoms with Crippen molar-refractivity contribution in [2.45, 2.75) is 6.92 Å². The van der Waals surface area contributed by atoms with Crippen molar-refractivity contribution in [2.24, 2.45) is 0 Å². The number of aromatic nitrogens is 1. The molecule has 1 N–H and O–H groups in total. The second-order valence-corrected chi connectivity index (χ2v) is 6.55. The average Bonchev–Trinajstić information content (AvgIpc) is 3.02. The van der Waals surface area contributed by atoms with E-state index in [-0.39, 0.29) is 5.56 Å². The number of anilines is 1. The highest BCUT2D eigenvalue weighted by molar-refractivity contribution is 7.22. The molecule has 0 fully saturated rings. The number of para-hydroxylation sites is 1. The molecule has 0 radical (unpaired) electrons. The summed E-state index contributed by atoms with van der Waals surface area (Å²) in [4.78, 5) is 29.0. The van der Waals surface area contributed by atoms with E-state index in [1.807, 2.05) is 31.2 Å². The molecule has 0 atom stereocenters. The van der Waals surface area contributed by atoms with E-state index in [1.54, 1.807) is 18.2 Å². The maximum Gasteiger partial charge on any atom is 0.349 e. The number of ether oxygens (including phenoxy) is 1. The van der Waals surface area contributed by atoms with Gasteiger partial charge in [0.05, 0.1) is 16.8 Å². The number of thiazole rings is 1. The second-order valence-electron chi connectivity index (χ2n) is 5.52. The molecule has 0 bridgehead atoms. The van der Waals surface area contributed by atoms with E-state index in [4.69, 9.17) is 9.15 Å². The molecule has 0 unspecified atom stereocenters. The SMILES string of the molecule is CCOc1ccc2nc(NC(=O)c3cc4ccccc4oc3=O)sc2c1. The highest BCUT2D eigenvalue weighted by Gasteiger charge is 2.16. The summed E-state index contributed by atoms with van der Waals surface area (Å²) >= 11 is 1.31. The molecule has 7 heteroatoms. The van der Waals surface area contributed by atoms with Gasteiger partial charge in [-0.25, -0.2) is 9.78 Å². The molecule has 4 rings (SSSR count). The smallest absolute Gasteiger partial charge is 0.349 e. The van der Waals surface area contributed by atoms with Crippen LogP contribution < -0.4 is 15.7 Å². The fourth-order valence-corrected chi connectivity index (χ4v) is 3.49. The van der Waals surface area contributed by atoms with Gasteiger partial charge in [0, 0.05) is 5.39 Å². The highest BCUT2D eigenvalue weighted by Crippen LogP contribution is 2.29. The lowest BCUT2D eigenvalue weighted by Gasteiger charge is -2.02. The molecule has 2 aromatic carbocycles. The molecule has 0 aliphatic carbocycles. The van der Waals surface area contributed by atoms with Crippen LogP contribution in [-0.2, 0) is 0 Å². The van der Waals surface area contributed by atoms with Crippen LogP contribution in [0.15, 0.2) is 57.7 Å². The van der Waals surface area contributed by atoms with Gasteiger partial charge < -0.3 is 9.15 Å². The minimum absolute atomic E-state index is 0.0574. The summed E-state index contributed by atoms with van der Waals surface area (Å²) in [6.45, 7) is 2.49. The first-order valence-electron chi connectivity index (χ1n) is 8.01. The molecule has 0 spiro atoms. The molecular formula is C19H14N2O4S. The molecule has 0 aliphatic rings. The van der Waals surface area contributed by atoms with Crippen molar-refractivity contribution in [2.75, 3.05) is 11.9 Å². The lowest BCUT2D eigenvalue weighted by molar-refractivity contribution is 0.102. The van der Waals surface area contributed by atoms with E-state index >= 15 is 0 Å². The summed E-state index contributed by atoms with van der Waals surface area (Å²) in [5.74, 6) is 0.199. The maximum absolute atomic E-state index is 12.5. The first kappa shape index (κ1) is 16.3. The number of rotatable bonds is 4. The molecule has 1 amide bonds. The van der Waals surface area contributed by atoms with Crippen molar-refractivity contribution < 1.29 is 13.9 Å². The van der Waals surface area contributed by atoms with Crippen LogP contribution in [0.3, 0.4) is 0 Å². The van der Waals surface area contributed by atoms with Gasteiger partial charge in [0.25, 0.3) is 5.91 Å². The second kappa shape index (κ2) is 6.61. The molecular weight excluding hydrogens is 352 g/mol. The van der Waals surface area contributed by atoms with E-state index in [2.05, 4.69) is 10.3 Å². The van der Waals surface area contributed by atoms with Gasteiger partial charge in [-0.05, 0) is 37.3 Å². The van der Waals surface area contributed by atoms with E-state index in [9.17, 15) is 9.59 Å². The molecule has 0 saturated carbocycles. The summed E-state index contributed by atoms with van der Waals surface area (Å²) in [5, 5.41) is 3.76. The molecule has 0 aliphatic heterocycles. The van der Waals surface area contributed by atoms with Crippen LogP contribution in [0.2, 0.25) is 0 Å². The molecule has 2 heterocycles. The zero-order valence-corrected chi connectivity index (χ0v) is 14.6. The van der Waals surface area contributed by atoms with E-state index in [0.717, 1.165) is 16.0 Å². The Morgan fingerprint density at radius 3 is 2.92 bits per heavy atom. The van der Waals surface area contributed by atoms with Crippen molar-refractivity contribution in [3.8, 4) is 5.75 Å². The third-order valence-corrected chi connectivity index (χ3v) is 4.71. The molecule has 6 nitrogen and oxygen atoms in total. The summed E-state index contributed by atoms with van der Waals surface area (Å²) in [7, 11) is 0. The van der Waals surface area contributed by atoms with Crippen LogP contribution in [-0.4, -0.2) is 17.5 Å². The Kier molecular flexibility index (Phi) is 4.14. The molecule has 0 saturated heterocycles. The van der Waals surface area contributed by atoms with Gasteiger partial charge in [-0.1, -0.05) is 29.5 Å². The Hall–Kier alpha value is -3.19. The average molecular weight is 366 g/mol. The number of carbonyl (C=O) groups is 1. The Labute approximate surface area is 152 Å². The number of hydrogen-bond acceptors (Lipinski definition) is 6. The third kappa shape index (κ3) is 3.04. The number of carbonyl (C=O) groups excluding carboxylic acids is 1. The van der Waals surface area contributed by atoms with E-state index in [0.29, 0.717) is 22.7 Å². The zero-order chi connectivity index (χ0) is 18.1. The minimum Gasteiger partial charge on any atom is -0.494 e. The van der Waals surface area contributed by atoms with Crippen molar-refractivity contribution >= 4 is 43.6 Å². The number of fused-ring (bicyclic) bond motifs is 2. The Morgan fingerprint density at radius 1 is 1.23 bits per heavy atom. The van der Waals surface area contributed by atoms with Gasteiger partial charge in [-0.3, -0.25) is 10.1 Å². The standard InChI is InChI=1S/C19H14N2O4S/c1-2-24-12-7-8-14-16(10-12)26-19(20-14)21-17(22)13-9-11-5-3-4-6-15(11)25-18(13)23/h3-10H,2H2,1H3,(H,20,21,22). The van der Waals surface area contributed by atoms with Gasteiger partial charge in [0.1, 0.15) is 16.9 Å². The van der Waals surface area contributed by atoms with Crippen molar-refractivity contribution in [1.29, 1.82) is 0 Å². The topological polar surface area (TPSA) is 81.4 Å². The monoisotopic (exact) mass is 366 g/mol. The molecule has 4 aromatic rings. The van der Waals surface area contributed by atoms with E-state index in [1.165, 1.54) is 17.4 Å². The number of hydrogen-bond donors (Lipinski definition) is 1. The fraction of sp³-hybridized carbons (Fsp3) is 0.105. The largest absolute Gasteiger partial charge is 0.494 e. The van der Waals surface area contributed by atoms with Gasteiger partial charge in [-0.2, -0.15) is 0 Å². The van der Waals surface area contributed by atoms with Gasteiger partial charge >= 0.3 is 5.63 Å². The lowest BCUT2D eigenvalue weighted by atomic mass is 10.2. The number of nitrogens with zero attached hydrogens (tertiary/aromatic N) is 1. The van der Waals surface area contributed by atoms with Crippen LogP contribution in [0.25, 0.3) is 21.2 Å². The van der Waals surface area contributed by atoms with Crippen LogP contribution in [0.4, 0.5) is 5.13 Å². The maximum atomic E-state index is 12.5. The number of benzene rings is 2. The fourth-order valence-electron chi connectivity index (χ4n) is 2.60. The van der Waals surface area contributed by atoms with Gasteiger partial charge in [-0.15, -0.1) is 0 Å². The van der Waals surface area contributed by atoms with Gasteiger partial charge in [0.2, 0.25) is 0 Å². The molecule has 130 valence electrons. The van der Waals surface area contributed by atoms with Crippen LogP contribution >= 0.6 is 11.3 Å². The van der Waals surface area contributed by atoms with Crippen molar-refractivity contribution in [3.63, 3.8) is 0 Å². The quantitative estimate of drug-likeness (QED) is 0.551. The van der Waals surface area contributed by atoms with Crippen LogP contribution in [0, 0.1) is 0 Å². The van der Waals surface area contributed by atoms with Crippen molar-refractivity contribution in [1.82, 2.24) is 4.98 Å². The normalized spacial score (nSPS) is 11.0. The highest BCUT2D eigenvalue weighted by atomic mass is 32.1. The summed E-state index contributed by atoms with van der Waals surface area (Å²) in [5.41, 5.74) is 0.454. The third-order valence-electron chi connectivity index (χ3n) is 3.78. The zero-order valence-electron chi connectivity index (χ0n) is 13.8. The Balaban J connectivity index is 1.64. The van der Waals surface area contributed by atoms with Crippen LogP contribution in [0.5, 0.6) is 5.75 Å². The lowest BCUT2D eigenvalue weighted by Crippen LogP contribution is -2.20. The van der Waals surface area contributed by atoms with Crippen molar-refractivity contribution in [3.05, 3.63) is 64.5 Å². The molecule has 26 heavy (non-hydrogen) atoms. The Morgan fingerprint density at radius 2 is 2.08 bits per heavy atom. The predicted octanol–water partition coefficient (Wildman–Crippen LogP) is 4.05. The first-order chi connectivity index (χ1) is 12.6. The van der Waals surface area contributed by atoms with Crippen LogP contribution in [0.1, 0.15) is 17.3 Å². The summed E-state index contributed by atoms with van der Waals surface area (Å²) < 4.78 is 11.6. The van der Waals surface area contributed by atoms with E-state index < -0.39 is 11.5 Å². The van der Waals surface area contributed by atoms with Gasteiger partial charge in [0.15, 0.2) is 5.13 Å². The Bertz CT molecular complexity index is 1180. The predicted molar refractivity (Wildman–Crippen MR) is 101 cm³/mol. The molecule has 2 aromatic heterocycles. The number of nitrogens with one attached hydrogen (secondary N) is 1. The first-order valence-corrected chi connectivity index (χ1v) is 8.83. The minimum atomic E-state index is -0.680.